The summed E-state index contributed by atoms with van der Waals surface area (Å²) in [6.07, 6.45) is 3.50. The van der Waals surface area contributed by atoms with Crippen molar-refractivity contribution in [1.29, 1.82) is 0 Å². The van der Waals surface area contributed by atoms with Gasteiger partial charge in [-0.25, -0.2) is 9.97 Å². The molecule has 4 aromatic rings. The number of amides is 1. The van der Waals surface area contributed by atoms with Gasteiger partial charge in [0.15, 0.2) is 0 Å². The van der Waals surface area contributed by atoms with Crippen LogP contribution in [-0.4, -0.2) is 56.7 Å². The van der Waals surface area contributed by atoms with Crippen LogP contribution in [0.4, 0.5) is 5.95 Å². The first-order valence-electron chi connectivity index (χ1n) is 10.4. The SMILES string of the molecule is Cc1ccc(Cn2nc(C)c3cc(C(=O)N4CCN(c5ncccn5)CC4)sc32)cc1. The molecule has 1 aliphatic heterocycles. The van der Waals surface area contributed by atoms with Gasteiger partial charge in [-0.2, -0.15) is 5.10 Å². The number of carbonyl (C=O) groups is 1. The Kier molecular flexibility index (Phi) is 5.15. The summed E-state index contributed by atoms with van der Waals surface area (Å²) in [5.41, 5.74) is 3.41. The molecule has 1 aliphatic rings. The Morgan fingerprint density at radius 3 is 2.45 bits per heavy atom. The van der Waals surface area contributed by atoms with E-state index in [0.29, 0.717) is 19.6 Å². The number of fused-ring (bicyclic) bond motifs is 1. The maximum absolute atomic E-state index is 13.2. The van der Waals surface area contributed by atoms with Crippen molar-refractivity contribution >= 4 is 33.4 Å². The highest BCUT2D eigenvalue weighted by Gasteiger charge is 2.25. The Morgan fingerprint density at radius 2 is 1.74 bits per heavy atom. The van der Waals surface area contributed by atoms with Crippen LogP contribution in [0.3, 0.4) is 0 Å². The van der Waals surface area contributed by atoms with Crippen LogP contribution in [0.15, 0.2) is 48.8 Å². The summed E-state index contributed by atoms with van der Waals surface area (Å²) in [7, 11) is 0. The third-order valence-electron chi connectivity index (χ3n) is 5.67. The third-order valence-corrected chi connectivity index (χ3v) is 6.81. The van der Waals surface area contributed by atoms with Crippen molar-refractivity contribution in [3.63, 3.8) is 0 Å². The maximum atomic E-state index is 13.2. The lowest BCUT2D eigenvalue weighted by Crippen LogP contribution is -2.49. The number of anilines is 1. The van der Waals surface area contributed by atoms with E-state index in [1.54, 1.807) is 12.4 Å². The van der Waals surface area contributed by atoms with Crippen molar-refractivity contribution in [3.8, 4) is 0 Å². The van der Waals surface area contributed by atoms with E-state index >= 15 is 0 Å². The van der Waals surface area contributed by atoms with E-state index in [0.717, 1.165) is 39.8 Å². The molecule has 0 unspecified atom stereocenters. The Bertz CT molecular complexity index is 1210. The number of hydrogen-bond acceptors (Lipinski definition) is 6. The average Bonchev–Trinajstić information content (AvgIpc) is 3.37. The number of aromatic nitrogens is 4. The van der Waals surface area contributed by atoms with Crippen molar-refractivity contribution < 1.29 is 4.79 Å². The van der Waals surface area contributed by atoms with Crippen molar-refractivity contribution in [2.45, 2.75) is 20.4 Å². The zero-order chi connectivity index (χ0) is 21.4. The number of piperazine rings is 1. The van der Waals surface area contributed by atoms with Crippen molar-refractivity contribution in [2.24, 2.45) is 0 Å². The van der Waals surface area contributed by atoms with Gasteiger partial charge in [-0.1, -0.05) is 29.8 Å². The molecule has 0 aliphatic carbocycles. The molecule has 158 valence electrons. The molecular weight excluding hydrogens is 408 g/mol. The first-order chi connectivity index (χ1) is 15.1. The van der Waals surface area contributed by atoms with Crippen LogP contribution in [0.5, 0.6) is 0 Å². The van der Waals surface area contributed by atoms with Gasteiger partial charge in [0, 0.05) is 44.0 Å². The second kappa shape index (κ2) is 8.11. The van der Waals surface area contributed by atoms with Crippen LogP contribution in [0.25, 0.3) is 10.2 Å². The zero-order valence-corrected chi connectivity index (χ0v) is 18.5. The highest BCUT2D eigenvalue weighted by molar-refractivity contribution is 7.20. The Labute approximate surface area is 185 Å². The second-order valence-electron chi connectivity index (χ2n) is 7.89. The molecule has 3 aromatic heterocycles. The summed E-state index contributed by atoms with van der Waals surface area (Å²) < 4.78 is 2.02. The number of hydrogen-bond donors (Lipinski definition) is 0. The van der Waals surface area contributed by atoms with Crippen molar-refractivity contribution in [3.05, 3.63) is 70.5 Å². The molecule has 7 nitrogen and oxygen atoms in total. The number of carbonyl (C=O) groups excluding carboxylic acids is 1. The highest BCUT2D eigenvalue weighted by Crippen LogP contribution is 2.30. The van der Waals surface area contributed by atoms with Gasteiger partial charge in [0.25, 0.3) is 5.91 Å². The van der Waals surface area contributed by atoms with E-state index in [1.807, 2.05) is 28.6 Å². The average molecular weight is 433 g/mol. The maximum Gasteiger partial charge on any atom is 0.264 e. The molecule has 1 fully saturated rings. The van der Waals surface area contributed by atoms with E-state index in [4.69, 9.17) is 5.10 Å². The third kappa shape index (κ3) is 3.90. The molecule has 0 atom stereocenters. The first-order valence-corrected chi connectivity index (χ1v) is 11.2. The van der Waals surface area contributed by atoms with E-state index in [2.05, 4.69) is 46.1 Å². The fourth-order valence-corrected chi connectivity index (χ4v) is 5.04. The molecule has 0 bridgehead atoms. The molecule has 4 heterocycles. The van der Waals surface area contributed by atoms with Gasteiger partial charge in [0.05, 0.1) is 17.1 Å². The van der Waals surface area contributed by atoms with Crippen LogP contribution in [-0.2, 0) is 6.54 Å². The van der Waals surface area contributed by atoms with Gasteiger partial charge in [-0.15, -0.1) is 11.3 Å². The molecular formula is C23H24N6OS. The van der Waals surface area contributed by atoms with Crippen LogP contribution < -0.4 is 4.90 Å². The minimum Gasteiger partial charge on any atom is -0.337 e. The molecule has 8 heteroatoms. The van der Waals surface area contributed by atoms with Gasteiger partial charge < -0.3 is 9.80 Å². The van der Waals surface area contributed by atoms with E-state index in [1.165, 1.54) is 22.5 Å². The van der Waals surface area contributed by atoms with Gasteiger partial charge >= 0.3 is 0 Å². The smallest absolute Gasteiger partial charge is 0.264 e. The Hall–Kier alpha value is -3.26. The summed E-state index contributed by atoms with van der Waals surface area (Å²) in [6.45, 7) is 7.60. The topological polar surface area (TPSA) is 67.2 Å². The molecule has 1 aromatic carbocycles. The van der Waals surface area contributed by atoms with E-state index in [9.17, 15) is 4.79 Å². The van der Waals surface area contributed by atoms with Gasteiger partial charge in [-0.3, -0.25) is 9.48 Å². The molecule has 0 saturated carbocycles. The minimum absolute atomic E-state index is 0.0936. The number of thiophene rings is 1. The predicted octanol–water partition coefficient (Wildman–Crippen LogP) is 3.52. The summed E-state index contributed by atoms with van der Waals surface area (Å²) in [5.74, 6) is 0.819. The molecule has 0 radical (unpaired) electrons. The van der Waals surface area contributed by atoms with Gasteiger partial charge in [-0.05, 0) is 31.5 Å². The normalized spacial score (nSPS) is 14.4. The van der Waals surface area contributed by atoms with Gasteiger partial charge in [0.2, 0.25) is 5.95 Å². The minimum atomic E-state index is 0.0936. The van der Waals surface area contributed by atoms with Gasteiger partial charge in [0.1, 0.15) is 4.83 Å². The summed E-state index contributed by atoms with van der Waals surface area (Å²) in [5, 5.41) is 5.77. The monoisotopic (exact) mass is 432 g/mol. The summed E-state index contributed by atoms with van der Waals surface area (Å²) >= 11 is 1.54. The predicted molar refractivity (Wildman–Crippen MR) is 123 cm³/mol. The van der Waals surface area contributed by atoms with Crippen LogP contribution in [0.1, 0.15) is 26.5 Å². The number of aryl methyl sites for hydroxylation is 2. The Balaban J connectivity index is 1.32. The zero-order valence-electron chi connectivity index (χ0n) is 17.7. The molecule has 0 N–H and O–H groups in total. The largest absolute Gasteiger partial charge is 0.337 e. The lowest BCUT2D eigenvalue weighted by atomic mass is 10.1. The molecule has 0 spiro atoms. The standard InChI is InChI=1S/C23H24N6OS/c1-16-4-6-18(7-5-16)15-29-22-19(17(2)26-29)14-20(31-22)21(30)27-10-12-28(13-11-27)23-24-8-3-9-25-23/h3-9,14H,10-13,15H2,1-2H3. The fraction of sp³-hybridized carbons (Fsp3) is 0.304. The summed E-state index contributed by atoms with van der Waals surface area (Å²) in [6, 6.07) is 12.3. The molecule has 31 heavy (non-hydrogen) atoms. The molecule has 1 saturated heterocycles. The number of rotatable bonds is 4. The summed E-state index contributed by atoms with van der Waals surface area (Å²) in [4.78, 5) is 27.7. The number of nitrogens with zero attached hydrogens (tertiary/aromatic N) is 6. The second-order valence-corrected chi connectivity index (χ2v) is 8.92. The fourth-order valence-electron chi connectivity index (χ4n) is 3.91. The number of benzene rings is 1. The van der Waals surface area contributed by atoms with Crippen LogP contribution in [0, 0.1) is 13.8 Å². The van der Waals surface area contributed by atoms with Crippen LogP contribution in [0.2, 0.25) is 0 Å². The van der Waals surface area contributed by atoms with Crippen LogP contribution >= 0.6 is 11.3 Å². The molecule has 5 rings (SSSR count). The first kappa shape index (κ1) is 19.7. The van der Waals surface area contributed by atoms with Crippen molar-refractivity contribution in [2.75, 3.05) is 31.1 Å². The van der Waals surface area contributed by atoms with E-state index in [-0.39, 0.29) is 5.91 Å². The lowest BCUT2D eigenvalue weighted by Gasteiger charge is -2.34. The highest BCUT2D eigenvalue weighted by atomic mass is 32.1. The van der Waals surface area contributed by atoms with E-state index < -0.39 is 0 Å². The lowest BCUT2D eigenvalue weighted by molar-refractivity contribution is 0.0751. The van der Waals surface area contributed by atoms with Crippen molar-refractivity contribution in [1.82, 2.24) is 24.6 Å². The Morgan fingerprint density at radius 1 is 1.03 bits per heavy atom. The quantitative estimate of drug-likeness (QED) is 0.494. The molecule has 1 amide bonds.